The molecule has 0 atom stereocenters. The van der Waals surface area contributed by atoms with Gasteiger partial charge in [0.15, 0.2) is 15.8 Å². The Labute approximate surface area is 152 Å². The first kappa shape index (κ1) is 19.3. The maximum Gasteiger partial charge on any atom is 0.193 e. The first-order chi connectivity index (χ1) is 11.3. The quantitative estimate of drug-likeness (QED) is 0.556. The summed E-state index contributed by atoms with van der Waals surface area (Å²) in [5, 5.41) is 3.35. The minimum atomic E-state index is -2.81. The molecular formula is C15H26BrN5O2S. The van der Waals surface area contributed by atoms with Crippen molar-refractivity contribution in [3.63, 3.8) is 0 Å². The second-order valence-corrected chi connectivity index (χ2v) is 9.30. The summed E-state index contributed by atoms with van der Waals surface area (Å²) < 4.78 is 26.0. The average Bonchev–Trinajstić information content (AvgIpc) is 2.82. The zero-order valence-electron chi connectivity index (χ0n) is 14.5. The summed E-state index contributed by atoms with van der Waals surface area (Å²) in [7, 11) is 2.99. The van der Waals surface area contributed by atoms with E-state index >= 15 is 0 Å². The van der Waals surface area contributed by atoms with Gasteiger partial charge in [0.1, 0.15) is 0 Å². The maximum absolute atomic E-state index is 11.4. The predicted molar refractivity (Wildman–Crippen MR) is 101 cm³/mol. The number of guanidine groups is 1. The molecule has 136 valence electrons. The van der Waals surface area contributed by atoms with Crippen LogP contribution in [-0.4, -0.2) is 80.5 Å². The molecule has 0 unspecified atom stereocenters. The lowest BCUT2D eigenvalue weighted by molar-refractivity contribution is 0.298. The molecule has 9 heteroatoms. The van der Waals surface area contributed by atoms with Crippen LogP contribution >= 0.6 is 15.9 Å². The number of nitrogens with one attached hydrogen (secondary N) is 1. The SMILES string of the molecule is CN=C(NCCN1CCS(=O)(=O)CC1)N(C)Cc1cc(Br)cn1C. The van der Waals surface area contributed by atoms with Crippen LogP contribution in [0, 0.1) is 0 Å². The molecule has 1 aliphatic heterocycles. The Hall–Kier alpha value is -1.06. The largest absolute Gasteiger partial charge is 0.355 e. The van der Waals surface area contributed by atoms with Crippen molar-refractivity contribution in [1.82, 2.24) is 19.7 Å². The van der Waals surface area contributed by atoms with Gasteiger partial charge in [0.2, 0.25) is 0 Å². The Morgan fingerprint density at radius 3 is 2.62 bits per heavy atom. The molecule has 0 amide bonds. The van der Waals surface area contributed by atoms with Crippen LogP contribution in [0.15, 0.2) is 21.7 Å². The number of hydrogen-bond acceptors (Lipinski definition) is 4. The summed E-state index contributed by atoms with van der Waals surface area (Å²) >= 11 is 3.49. The molecule has 0 saturated carbocycles. The van der Waals surface area contributed by atoms with Gasteiger partial charge in [-0.3, -0.25) is 9.89 Å². The highest BCUT2D eigenvalue weighted by atomic mass is 79.9. The lowest BCUT2D eigenvalue weighted by atomic mass is 10.4. The van der Waals surface area contributed by atoms with E-state index in [0.717, 1.165) is 30.1 Å². The molecular weight excluding hydrogens is 394 g/mol. The molecule has 0 radical (unpaired) electrons. The molecule has 0 spiro atoms. The minimum absolute atomic E-state index is 0.268. The lowest BCUT2D eigenvalue weighted by Crippen LogP contribution is -2.46. The highest BCUT2D eigenvalue weighted by Crippen LogP contribution is 2.14. The molecule has 0 bridgehead atoms. The Morgan fingerprint density at radius 1 is 1.42 bits per heavy atom. The van der Waals surface area contributed by atoms with Crippen LogP contribution in [0.1, 0.15) is 5.69 Å². The maximum atomic E-state index is 11.4. The van der Waals surface area contributed by atoms with Gasteiger partial charge in [-0.25, -0.2) is 8.42 Å². The van der Waals surface area contributed by atoms with Crippen LogP contribution in [-0.2, 0) is 23.4 Å². The second-order valence-electron chi connectivity index (χ2n) is 6.08. The minimum Gasteiger partial charge on any atom is -0.355 e. The van der Waals surface area contributed by atoms with E-state index in [1.54, 1.807) is 7.05 Å². The molecule has 1 aromatic heterocycles. The van der Waals surface area contributed by atoms with Crippen LogP contribution in [0.4, 0.5) is 0 Å². The third-order valence-electron chi connectivity index (χ3n) is 4.20. The predicted octanol–water partition coefficient (Wildman–Crippen LogP) is 0.525. The standard InChI is InChI=1S/C15H26BrN5O2S/c1-17-15(20(3)12-14-10-13(16)11-19(14)2)18-4-5-21-6-8-24(22,23)9-7-21/h10-11H,4-9,12H2,1-3H3,(H,17,18). The van der Waals surface area contributed by atoms with Gasteiger partial charge in [0.25, 0.3) is 0 Å². The van der Waals surface area contributed by atoms with Crippen molar-refractivity contribution in [3.8, 4) is 0 Å². The molecule has 7 nitrogen and oxygen atoms in total. The number of aryl methyl sites for hydroxylation is 1. The highest BCUT2D eigenvalue weighted by Gasteiger charge is 2.21. The van der Waals surface area contributed by atoms with E-state index in [1.807, 2.05) is 20.3 Å². The van der Waals surface area contributed by atoms with Gasteiger partial charge in [-0.2, -0.15) is 0 Å². The molecule has 1 aliphatic rings. The molecule has 0 aliphatic carbocycles. The number of hydrogen-bond donors (Lipinski definition) is 1. The van der Waals surface area contributed by atoms with Crippen LogP contribution in [0.25, 0.3) is 0 Å². The van der Waals surface area contributed by atoms with Crippen LogP contribution < -0.4 is 5.32 Å². The second kappa shape index (κ2) is 8.35. The lowest BCUT2D eigenvalue weighted by Gasteiger charge is -2.28. The van der Waals surface area contributed by atoms with Crippen molar-refractivity contribution in [2.45, 2.75) is 6.54 Å². The van der Waals surface area contributed by atoms with Gasteiger partial charge < -0.3 is 14.8 Å². The van der Waals surface area contributed by atoms with E-state index in [2.05, 4.69) is 46.7 Å². The smallest absolute Gasteiger partial charge is 0.193 e. The van der Waals surface area contributed by atoms with E-state index in [-0.39, 0.29) is 11.5 Å². The first-order valence-electron chi connectivity index (χ1n) is 7.96. The van der Waals surface area contributed by atoms with E-state index in [9.17, 15) is 8.42 Å². The van der Waals surface area contributed by atoms with E-state index in [4.69, 9.17) is 0 Å². The Balaban J connectivity index is 1.79. The molecule has 2 heterocycles. The molecule has 1 fully saturated rings. The summed E-state index contributed by atoms with van der Waals surface area (Å²) in [6, 6.07) is 2.10. The summed E-state index contributed by atoms with van der Waals surface area (Å²) in [6.07, 6.45) is 2.03. The van der Waals surface area contributed by atoms with E-state index in [1.165, 1.54) is 5.69 Å². The Kier molecular flexibility index (Phi) is 6.70. The first-order valence-corrected chi connectivity index (χ1v) is 10.6. The Bertz CT molecular complexity index is 672. The van der Waals surface area contributed by atoms with Crippen molar-refractivity contribution < 1.29 is 8.42 Å². The van der Waals surface area contributed by atoms with Crippen LogP contribution in [0.5, 0.6) is 0 Å². The third kappa shape index (κ3) is 5.49. The molecule has 0 aromatic carbocycles. The van der Waals surface area contributed by atoms with Crippen LogP contribution in [0.2, 0.25) is 0 Å². The number of rotatable bonds is 5. The molecule has 1 aromatic rings. The zero-order valence-corrected chi connectivity index (χ0v) is 16.9. The average molecular weight is 420 g/mol. The fraction of sp³-hybridized carbons (Fsp3) is 0.667. The van der Waals surface area contributed by atoms with Gasteiger partial charge in [0.05, 0.1) is 18.1 Å². The zero-order chi connectivity index (χ0) is 17.7. The summed E-state index contributed by atoms with van der Waals surface area (Å²) in [5.74, 6) is 1.37. The normalized spacial score (nSPS) is 18.6. The van der Waals surface area contributed by atoms with Gasteiger partial charge in [-0.1, -0.05) is 0 Å². The molecule has 2 rings (SSSR count). The number of halogens is 1. The van der Waals surface area contributed by atoms with Crippen molar-refractivity contribution in [2.75, 3.05) is 51.8 Å². The monoisotopic (exact) mass is 419 g/mol. The van der Waals surface area contributed by atoms with Gasteiger partial charge in [0, 0.05) is 63.7 Å². The van der Waals surface area contributed by atoms with Crippen LogP contribution in [0.3, 0.4) is 0 Å². The fourth-order valence-electron chi connectivity index (χ4n) is 2.73. The molecule has 1 N–H and O–H groups in total. The van der Waals surface area contributed by atoms with Crippen molar-refractivity contribution in [2.24, 2.45) is 12.0 Å². The summed E-state index contributed by atoms with van der Waals surface area (Å²) in [5.41, 5.74) is 1.19. The van der Waals surface area contributed by atoms with Crippen molar-refractivity contribution in [1.29, 1.82) is 0 Å². The number of nitrogens with zero attached hydrogens (tertiary/aromatic N) is 4. The number of aliphatic imine (C=N–C) groups is 1. The van der Waals surface area contributed by atoms with Gasteiger partial charge >= 0.3 is 0 Å². The molecule has 24 heavy (non-hydrogen) atoms. The topological polar surface area (TPSA) is 69.9 Å². The number of sulfone groups is 1. The van der Waals surface area contributed by atoms with Crippen molar-refractivity contribution in [3.05, 3.63) is 22.4 Å². The van der Waals surface area contributed by atoms with Gasteiger partial charge in [-0.15, -0.1) is 0 Å². The highest BCUT2D eigenvalue weighted by molar-refractivity contribution is 9.10. The number of aromatic nitrogens is 1. The third-order valence-corrected chi connectivity index (χ3v) is 6.24. The fourth-order valence-corrected chi connectivity index (χ4v) is 4.57. The summed E-state index contributed by atoms with van der Waals surface area (Å²) in [6.45, 7) is 3.56. The Morgan fingerprint density at radius 2 is 2.08 bits per heavy atom. The molecule has 1 saturated heterocycles. The van der Waals surface area contributed by atoms with Crippen molar-refractivity contribution >= 4 is 31.7 Å². The van der Waals surface area contributed by atoms with E-state index < -0.39 is 9.84 Å². The van der Waals surface area contributed by atoms with Gasteiger partial charge in [-0.05, 0) is 22.0 Å². The van der Waals surface area contributed by atoms with E-state index in [0.29, 0.717) is 13.1 Å². The summed E-state index contributed by atoms with van der Waals surface area (Å²) in [4.78, 5) is 8.57.